The van der Waals surface area contributed by atoms with Crippen LogP contribution < -0.4 is 5.32 Å². The Kier molecular flexibility index (Phi) is 8.20. The molecule has 0 radical (unpaired) electrons. The van der Waals surface area contributed by atoms with E-state index in [2.05, 4.69) is 19.2 Å². The highest BCUT2D eigenvalue weighted by Crippen LogP contribution is 2.35. The third-order valence-corrected chi connectivity index (χ3v) is 4.53. The number of nitrogens with one attached hydrogen (secondary N) is 1. The van der Waals surface area contributed by atoms with E-state index in [0.29, 0.717) is 13.0 Å². The van der Waals surface area contributed by atoms with Crippen molar-refractivity contribution in [2.75, 3.05) is 13.2 Å². The van der Waals surface area contributed by atoms with Crippen LogP contribution in [0.1, 0.15) is 78.6 Å². The number of hydrogen-bond donors (Lipinski definition) is 1. The van der Waals surface area contributed by atoms with E-state index < -0.39 is 0 Å². The predicted molar refractivity (Wildman–Crippen MR) is 83.8 cm³/mol. The summed E-state index contributed by atoms with van der Waals surface area (Å²) in [6.45, 7) is 7.82. The van der Waals surface area contributed by atoms with Gasteiger partial charge < -0.3 is 10.1 Å². The molecule has 0 spiro atoms. The topological polar surface area (TPSA) is 38.3 Å². The van der Waals surface area contributed by atoms with Crippen molar-refractivity contribution >= 4 is 5.97 Å². The van der Waals surface area contributed by atoms with Crippen molar-refractivity contribution in [3.63, 3.8) is 0 Å². The first-order valence-corrected chi connectivity index (χ1v) is 8.56. The van der Waals surface area contributed by atoms with Crippen LogP contribution in [0.3, 0.4) is 0 Å². The lowest BCUT2D eigenvalue weighted by molar-refractivity contribution is -0.145. The molecule has 2 unspecified atom stereocenters. The highest BCUT2D eigenvalue weighted by molar-refractivity contribution is 5.70. The Hall–Kier alpha value is -0.570. The summed E-state index contributed by atoms with van der Waals surface area (Å²) in [5.41, 5.74) is -0.00917. The number of esters is 1. The molecular formula is C17H33NO2. The summed E-state index contributed by atoms with van der Waals surface area (Å²) in [6, 6.07) is 0. The molecule has 1 saturated carbocycles. The Labute approximate surface area is 124 Å². The molecule has 3 nitrogen and oxygen atoms in total. The van der Waals surface area contributed by atoms with Gasteiger partial charge in [-0.25, -0.2) is 0 Å². The van der Waals surface area contributed by atoms with Crippen LogP contribution in [0.4, 0.5) is 0 Å². The van der Waals surface area contributed by atoms with Gasteiger partial charge in [-0.1, -0.05) is 39.5 Å². The average molecular weight is 283 g/mol. The van der Waals surface area contributed by atoms with Crippen LogP contribution in [0.2, 0.25) is 0 Å². The van der Waals surface area contributed by atoms with E-state index in [1.807, 2.05) is 6.92 Å². The molecule has 0 saturated heterocycles. The molecule has 3 heteroatoms. The second-order valence-corrected chi connectivity index (χ2v) is 6.27. The fourth-order valence-corrected chi connectivity index (χ4v) is 3.47. The molecule has 0 aromatic heterocycles. The van der Waals surface area contributed by atoms with E-state index >= 15 is 0 Å². The number of carbonyl (C=O) groups excluding carboxylic acids is 1. The summed E-state index contributed by atoms with van der Waals surface area (Å²) < 4.78 is 5.19. The molecule has 2 atom stereocenters. The van der Waals surface area contributed by atoms with E-state index in [1.165, 1.54) is 32.1 Å². The monoisotopic (exact) mass is 283 g/mol. The van der Waals surface area contributed by atoms with Gasteiger partial charge in [0, 0.05) is 5.54 Å². The van der Waals surface area contributed by atoms with Crippen LogP contribution in [-0.2, 0) is 9.53 Å². The van der Waals surface area contributed by atoms with Crippen LogP contribution >= 0.6 is 0 Å². The highest BCUT2D eigenvalue weighted by atomic mass is 16.5. The number of carbonyl (C=O) groups is 1. The van der Waals surface area contributed by atoms with Crippen molar-refractivity contribution in [2.45, 2.75) is 84.1 Å². The SMILES string of the molecule is CCCNC1(CC(=O)OCC)CCCC(CCC)CC1. The number of hydrogen-bond acceptors (Lipinski definition) is 3. The van der Waals surface area contributed by atoms with Gasteiger partial charge in [0.1, 0.15) is 0 Å². The van der Waals surface area contributed by atoms with Crippen molar-refractivity contribution in [1.82, 2.24) is 5.32 Å². The van der Waals surface area contributed by atoms with Gasteiger partial charge in [0.05, 0.1) is 13.0 Å². The predicted octanol–water partition coefficient (Wildman–Crippen LogP) is 4.06. The third kappa shape index (κ3) is 5.82. The van der Waals surface area contributed by atoms with Gasteiger partial charge >= 0.3 is 5.97 Å². The van der Waals surface area contributed by atoms with Crippen molar-refractivity contribution in [3.8, 4) is 0 Å². The molecule has 0 aliphatic heterocycles. The van der Waals surface area contributed by atoms with Crippen LogP contribution in [0.25, 0.3) is 0 Å². The minimum atomic E-state index is -0.0370. The number of ether oxygens (including phenoxy) is 1. The largest absolute Gasteiger partial charge is 0.466 e. The Bertz CT molecular complexity index is 280. The van der Waals surface area contributed by atoms with Crippen LogP contribution in [-0.4, -0.2) is 24.7 Å². The van der Waals surface area contributed by atoms with E-state index in [9.17, 15) is 4.79 Å². The second kappa shape index (κ2) is 9.38. The van der Waals surface area contributed by atoms with Crippen LogP contribution in [0.15, 0.2) is 0 Å². The van der Waals surface area contributed by atoms with Gasteiger partial charge in [-0.05, 0) is 45.1 Å². The van der Waals surface area contributed by atoms with Crippen LogP contribution in [0, 0.1) is 5.92 Å². The van der Waals surface area contributed by atoms with Gasteiger partial charge in [0.2, 0.25) is 0 Å². The maximum atomic E-state index is 11.9. The Morgan fingerprint density at radius 2 is 2.00 bits per heavy atom. The molecule has 1 fully saturated rings. The summed E-state index contributed by atoms with van der Waals surface area (Å²) in [5, 5.41) is 3.68. The van der Waals surface area contributed by atoms with E-state index in [1.54, 1.807) is 0 Å². The first-order valence-electron chi connectivity index (χ1n) is 8.56. The normalized spacial score (nSPS) is 27.1. The zero-order chi connectivity index (χ0) is 14.8. The van der Waals surface area contributed by atoms with Gasteiger partial charge in [0.15, 0.2) is 0 Å². The van der Waals surface area contributed by atoms with E-state index in [4.69, 9.17) is 4.74 Å². The lowest BCUT2D eigenvalue weighted by Gasteiger charge is -2.33. The molecule has 0 aromatic rings. The summed E-state index contributed by atoms with van der Waals surface area (Å²) in [5.74, 6) is 0.817. The van der Waals surface area contributed by atoms with Gasteiger partial charge in [0.25, 0.3) is 0 Å². The summed E-state index contributed by atoms with van der Waals surface area (Å²) in [4.78, 5) is 11.9. The van der Waals surface area contributed by atoms with Crippen molar-refractivity contribution in [2.24, 2.45) is 5.92 Å². The Balaban J connectivity index is 2.64. The lowest BCUT2D eigenvalue weighted by Crippen LogP contribution is -2.47. The lowest BCUT2D eigenvalue weighted by atomic mass is 9.85. The fourth-order valence-electron chi connectivity index (χ4n) is 3.47. The van der Waals surface area contributed by atoms with Crippen molar-refractivity contribution in [3.05, 3.63) is 0 Å². The number of rotatable bonds is 8. The zero-order valence-electron chi connectivity index (χ0n) is 13.7. The minimum absolute atomic E-state index is 0.00917. The van der Waals surface area contributed by atoms with Gasteiger partial charge in [-0.2, -0.15) is 0 Å². The second-order valence-electron chi connectivity index (χ2n) is 6.27. The van der Waals surface area contributed by atoms with E-state index in [0.717, 1.165) is 31.7 Å². The fraction of sp³-hybridized carbons (Fsp3) is 0.941. The average Bonchev–Trinajstić information content (AvgIpc) is 2.61. The quantitative estimate of drug-likeness (QED) is 0.539. The smallest absolute Gasteiger partial charge is 0.307 e. The first kappa shape index (κ1) is 17.5. The summed E-state index contributed by atoms with van der Waals surface area (Å²) >= 11 is 0. The maximum absolute atomic E-state index is 11.9. The molecule has 1 rings (SSSR count). The summed E-state index contributed by atoms with van der Waals surface area (Å²) in [6.07, 6.45) is 10.3. The molecular weight excluding hydrogens is 250 g/mol. The van der Waals surface area contributed by atoms with Crippen molar-refractivity contribution < 1.29 is 9.53 Å². The van der Waals surface area contributed by atoms with Crippen LogP contribution in [0.5, 0.6) is 0 Å². The molecule has 1 aliphatic carbocycles. The molecule has 118 valence electrons. The molecule has 1 N–H and O–H groups in total. The van der Waals surface area contributed by atoms with Gasteiger partial charge in [-0.3, -0.25) is 4.79 Å². The molecule has 0 amide bonds. The third-order valence-electron chi connectivity index (χ3n) is 4.53. The molecule has 1 aliphatic rings. The molecule has 0 bridgehead atoms. The first-order chi connectivity index (χ1) is 9.65. The van der Waals surface area contributed by atoms with Crippen molar-refractivity contribution in [1.29, 1.82) is 0 Å². The van der Waals surface area contributed by atoms with E-state index in [-0.39, 0.29) is 11.5 Å². The Morgan fingerprint density at radius 3 is 2.65 bits per heavy atom. The molecule has 0 heterocycles. The maximum Gasteiger partial charge on any atom is 0.307 e. The summed E-state index contributed by atoms with van der Waals surface area (Å²) in [7, 11) is 0. The standard InChI is InChI=1S/C17H33NO2/c1-4-8-15-9-7-11-17(12-10-15,18-13-5-2)14-16(19)20-6-3/h15,18H,4-14H2,1-3H3. The van der Waals surface area contributed by atoms with Gasteiger partial charge in [-0.15, -0.1) is 0 Å². The molecule has 20 heavy (non-hydrogen) atoms. The zero-order valence-corrected chi connectivity index (χ0v) is 13.7. The highest BCUT2D eigenvalue weighted by Gasteiger charge is 2.34. The Morgan fingerprint density at radius 1 is 1.20 bits per heavy atom. The minimum Gasteiger partial charge on any atom is -0.466 e. The molecule has 0 aromatic carbocycles.